The van der Waals surface area contributed by atoms with Gasteiger partial charge in [0.1, 0.15) is 17.1 Å². The molecular formula is C19H24N4O4. The van der Waals surface area contributed by atoms with Gasteiger partial charge in [0, 0.05) is 24.5 Å². The average molecular weight is 372 g/mol. The van der Waals surface area contributed by atoms with E-state index in [2.05, 4.69) is 9.97 Å². The van der Waals surface area contributed by atoms with Crippen LogP contribution in [0.25, 0.3) is 0 Å². The number of methoxy groups -OCH3 is 2. The van der Waals surface area contributed by atoms with E-state index in [1.165, 1.54) is 14.2 Å². The zero-order valence-electron chi connectivity index (χ0n) is 16.1. The van der Waals surface area contributed by atoms with Gasteiger partial charge < -0.3 is 14.4 Å². The van der Waals surface area contributed by atoms with Gasteiger partial charge in [-0.15, -0.1) is 0 Å². The fraction of sp³-hybridized carbons (Fsp3) is 0.421. The zero-order chi connectivity index (χ0) is 19.4. The number of aromatic nitrogens is 2. The summed E-state index contributed by atoms with van der Waals surface area (Å²) in [6, 6.07) is 7.20. The number of nitrogens with zero attached hydrogens (tertiary/aromatic N) is 4. The predicted molar refractivity (Wildman–Crippen MR) is 100 cm³/mol. The van der Waals surface area contributed by atoms with Crippen molar-refractivity contribution in [3.05, 3.63) is 41.2 Å². The van der Waals surface area contributed by atoms with Crippen molar-refractivity contribution in [2.24, 2.45) is 0 Å². The van der Waals surface area contributed by atoms with Crippen LogP contribution in [-0.2, 0) is 4.84 Å². The fourth-order valence-electron chi connectivity index (χ4n) is 3.05. The van der Waals surface area contributed by atoms with Crippen molar-refractivity contribution >= 4 is 11.9 Å². The first kappa shape index (κ1) is 18.9. The lowest BCUT2D eigenvalue weighted by Crippen LogP contribution is -2.36. The number of hydrogen-bond acceptors (Lipinski definition) is 7. The Balaban J connectivity index is 1.79. The Morgan fingerprint density at radius 1 is 1.04 bits per heavy atom. The van der Waals surface area contributed by atoms with Gasteiger partial charge in [0.25, 0.3) is 5.91 Å². The maximum Gasteiger partial charge on any atom is 0.261 e. The molecule has 27 heavy (non-hydrogen) atoms. The molecule has 1 aliphatic heterocycles. The maximum absolute atomic E-state index is 13.1. The molecule has 2 heterocycles. The van der Waals surface area contributed by atoms with E-state index < -0.39 is 0 Å². The summed E-state index contributed by atoms with van der Waals surface area (Å²) in [5.74, 6) is 1.32. The standard InChI is InChI=1S/C19H24N4O4/c1-13-12-14(2)21-19(20-13)23-9-8-22(10-11-27-23)18(24)17-15(25-3)6-5-7-16(17)26-4/h5-7,12H,8-11H2,1-4H3. The Kier molecular flexibility index (Phi) is 5.75. The Morgan fingerprint density at radius 3 is 2.26 bits per heavy atom. The minimum Gasteiger partial charge on any atom is -0.496 e. The molecule has 8 heteroatoms. The number of carbonyl (C=O) groups is 1. The molecule has 1 amide bonds. The molecule has 0 spiro atoms. The number of aryl methyl sites for hydroxylation is 2. The molecule has 2 aromatic rings. The summed E-state index contributed by atoms with van der Waals surface area (Å²) in [6.07, 6.45) is 0. The molecule has 0 aliphatic carbocycles. The van der Waals surface area contributed by atoms with Gasteiger partial charge in [0.15, 0.2) is 0 Å². The van der Waals surface area contributed by atoms with Gasteiger partial charge in [-0.3, -0.25) is 9.63 Å². The molecule has 0 atom stereocenters. The SMILES string of the molecule is COc1cccc(OC)c1C(=O)N1CCON(c2nc(C)cc(C)n2)CC1. The van der Waals surface area contributed by atoms with E-state index in [9.17, 15) is 4.79 Å². The van der Waals surface area contributed by atoms with Crippen LogP contribution in [-0.4, -0.2) is 61.2 Å². The molecule has 8 nitrogen and oxygen atoms in total. The van der Waals surface area contributed by atoms with E-state index in [1.807, 2.05) is 19.9 Å². The highest BCUT2D eigenvalue weighted by atomic mass is 16.7. The van der Waals surface area contributed by atoms with Crippen LogP contribution in [0.3, 0.4) is 0 Å². The molecule has 0 radical (unpaired) electrons. The van der Waals surface area contributed by atoms with Crippen LogP contribution < -0.4 is 14.5 Å². The number of hydroxylamine groups is 1. The van der Waals surface area contributed by atoms with Crippen molar-refractivity contribution in [2.75, 3.05) is 45.5 Å². The molecular weight excluding hydrogens is 348 g/mol. The summed E-state index contributed by atoms with van der Waals surface area (Å²) in [7, 11) is 3.08. The molecule has 1 aromatic carbocycles. The second kappa shape index (κ2) is 8.22. The van der Waals surface area contributed by atoms with Crippen molar-refractivity contribution in [3.63, 3.8) is 0 Å². The smallest absolute Gasteiger partial charge is 0.261 e. The highest BCUT2D eigenvalue weighted by Gasteiger charge is 2.27. The first-order valence-electron chi connectivity index (χ1n) is 8.76. The van der Waals surface area contributed by atoms with Crippen molar-refractivity contribution in [3.8, 4) is 11.5 Å². The predicted octanol–water partition coefficient (Wildman–Crippen LogP) is 2.00. The first-order chi connectivity index (χ1) is 13.0. The number of carbonyl (C=O) groups excluding carboxylic acids is 1. The van der Waals surface area contributed by atoms with Gasteiger partial charge in [-0.1, -0.05) is 6.07 Å². The average Bonchev–Trinajstić information content (AvgIpc) is 2.92. The second-order valence-electron chi connectivity index (χ2n) is 6.22. The zero-order valence-corrected chi connectivity index (χ0v) is 16.1. The van der Waals surface area contributed by atoms with Gasteiger partial charge in [-0.05, 0) is 32.0 Å². The van der Waals surface area contributed by atoms with Crippen molar-refractivity contribution < 1.29 is 19.1 Å². The molecule has 0 unspecified atom stereocenters. The topological polar surface area (TPSA) is 77.0 Å². The van der Waals surface area contributed by atoms with Crippen molar-refractivity contribution in [2.45, 2.75) is 13.8 Å². The third kappa shape index (κ3) is 4.11. The molecule has 1 aromatic heterocycles. The van der Waals surface area contributed by atoms with E-state index in [0.717, 1.165) is 11.4 Å². The Labute approximate surface area is 158 Å². The Bertz CT molecular complexity index is 785. The Morgan fingerprint density at radius 2 is 1.67 bits per heavy atom. The molecule has 0 saturated carbocycles. The molecule has 3 rings (SSSR count). The van der Waals surface area contributed by atoms with E-state index in [-0.39, 0.29) is 5.91 Å². The van der Waals surface area contributed by atoms with Crippen molar-refractivity contribution in [1.82, 2.24) is 14.9 Å². The number of amides is 1. The first-order valence-corrected chi connectivity index (χ1v) is 8.76. The summed E-state index contributed by atoms with van der Waals surface area (Å²) >= 11 is 0. The highest BCUT2D eigenvalue weighted by molar-refractivity contribution is 5.99. The summed E-state index contributed by atoms with van der Waals surface area (Å²) in [4.78, 5) is 29.5. The van der Waals surface area contributed by atoms with Gasteiger partial charge >= 0.3 is 0 Å². The molecule has 0 N–H and O–H groups in total. The number of rotatable bonds is 4. The Hall–Kier alpha value is -2.87. The van der Waals surface area contributed by atoms with Gasteiger partial charge in [-0.2, -0.15) is 0 Å². The van der Waals surface area contributed by atoms with Gasteiger partial charge in [0.05, 0.1) is 27.4 Å². The fourth-order valence-corrected chi connectivity index (χ4v) is 3.05. The normalized spacial score (nSPS) is 14.7. The van der Waals surface area contributed by atoms with Crippen LogP contribution in [0, 0.1) is 13.8 Å². The molecule has 144 valence electrons. The molecule has 1 saturated heterocycles. The minimum atomic E-state index is -0.156. The monoisotopic (exact) mass is 372 g/mol. The lowest BCUT2D eigenvalue weighted by atomic mass is 10.1. The maximum atomic E-state index is 13.1. The summed E-state index contributed by atoms with van der Waals surface area (Å²) in [6.45, 7) is 5.56. The van der Waals surface area contributed by atoms with Crippen LogP contribution in [0.5, 0.6) is 11.5 Å². The van der Waals surface area contributed by atoms with Gasteiger partial charge in [-0.25, -0.2) is 15.0 Å². The number of ether oxygens (including phenoxy) is 2. The van der Waals surface area contributed by atoms with E-state index in [1.54, 1.807) is 28.2 Å². The summed E-state index contributed by atoms with van der Waals surface area (Å²) < 4.78 is 10.7. The molecule has 0 bridgehead atoms. The van der Waals surface area contributed by atoms with E-state index >= 15 is 0 Å². The van der Waals surface area contributed by atoms with E-state index in [0.29, 0.717) is 49.3 Å². The number of benzene rings is 1. The van der Waals surface area contributed by atoms with Crippen LogP contribution in [0.15, 0.2) is 24.3 Å². The minimum absolute atomic E-state index is 0.156. The summed E-state index contributed by atoms with van der Waals surface area (Å²) in [5.41, 5.74) is 2.16. The largest absolute Gasteiger partial charge is 0.496 e. The van der Waals surface area contributed by atoms with Gasteiger partial charge in [0.2, 0.25) is 5.95 Å². The van der Waals surface area contributed by atoms with Crippen LogP contribution in [0.2, 0.25) is 0 Å². The second-order valence-corrected chi connectivity index (χ2v) is 6.22. The summed E-state index contributed by atoms with van der Waals surface area (Å²) in [5, 5.41) is 1.65. The van der Waals surface area contributed by atoms with E-state index in [4.69, 9.17) is 14.3 Å². The van der Waals surface area contributed by atoms with Crippen LogP contribution in [0.4, 0.5) is 5.95 Å². The lowest BCUT2D eigenvalue weighted by molar-refractivity contribution is 0.0722. The lowest BCUT2D eigenvalue weighted by Gasteiger charge is -2.22. The third-order valence-corrected chi connectivity index (χ3v) is 4.30. The number of hydrogen-bond donors (Lipinski definition) is 0. The third-order valence-electron chi connectivity index (χ3n) is 4.30. The van der Waals surface area contributed by atoms with Crippen molar-refractivity contribution in [1.29, 1.82) is 0 Å². The molecule has 1 fully saturated rings. The van der Waals surface area contributed by atoms with Crippen LogP contribution in [0.1, 0.15) is 21.7 Å². The highest BCUT2D eigenvalue weighted by Crippen LogP contribution is 2.29. The van der Waals surface area contributed by atoms with Crippen LogP contribution >= 0.6 is 0 Å². The number of anilines is 1. The quantitative estimate of drug-likeness (QED) is 0.812. The molecule has 1 aliphatic rings.